The molecule has 2 aromatic carbocycles. The van der Waals surface area contributed by atoms with Gasteiger partial charge in [0, 0.05) is 5.56 Å². The first-order chi connectivity index (χ1) is 10.2. The van der Waals surface area contributed by atoms with Crippen LogP contribution in [0, 0.1) is 17.1 Å². The highest BCUT2D eigenvalue weighted by molar-refractivity contribution is 5.86. The predicted molar refractivity (Wildman–Crippen MR) is 78.7 cm³/mol. The van der Waals surface area contributed by atoms with E-state index in [1.807, 2.05) is 30.3 Å². The minimum atomic E-state index is -0.345. The summed E-state index contributed by atoms with van der Waals surface area (Å²) >= 11 is 0. The van der Waals surface area contributed by atoms with E-state index in [2.05, 4.69) is 6.07 Å². The molecule has 3 aromatic rings. The zero-order valence-electron chi connectivity index (χ0n) is 11.0. The summed E-state index contributed by atoms with van der Waals surface area (Å²) in [5.74, 6) is 0.231. The molecular weight excluding hydrogens is 267 g/mol. The summed E-state index contributed by atoms with van der Waals surface area (Å²) in [7, 11) is 0. The van der Waals surface area contributed by atoms with E-state index in [1.54, 1.807) is 12.1 Å². The highest BCUT2D eigenvalue weighted by atomic mass is 19.1. The molecule has 0 spiro atoms. The van der Waals surface area contributed by atoms with Gasteiger partial charge in [0.2, 0.25) is 0 Å². The van der Waals surface area contributed by atoms with Gasteiger partial charge in [-0.05, 0) is 17.7 Å². The van der Waals surface area contributed by atoms with Crippen LogP contribution in [-0.4, -0.2) is 0 Å². The van der Waals surface area contributed by atoms with Crippen molar-refractivity contribution in [1.29, 1.82) is 5.26 Å². The first kappa shape index (κ1) is 12.9. The van der Waals surface area contributed by atoms with Crippen molar-refractivity contribution in [3.8, 4) is 28.5 Å². The average Bonchev–Trinajstić information content (AvgIpc) is 2.85. The van der Waals surface area contributed by atoms with Crippen molar-refractivity contribution in [2.24, 2.45) is 0 Å². The third kappa shape index (κ3) is 2.26. The second-order valence-corrected chi connectivity index (χ2v) is 4.53. The quantitative estimate of drug-likeness (QED) is 0.763. The van der Waals surface area contributed by atoms with E-state index in [1.165, 1.54) is 12.1 Å². The number of nitrogens with zero attached hydrogens (tertiary/aromatic N) is 1. The molecule has 0 saturated carbocycles. The molecule has 102 valence electrons. The van der Waals surface area contributed by atoms with Gasteiger partial charge in [-0.3, -0.25) is 0 Å². The van der Waals surface area contributed by atoms with Crippen LogP contribution in [0.1, 0.15) is 5.56 Å². The molecule has 0 radical (unpaired) electrons. The Kier molecular flexibility index (Phi) is 3.17. The van der Waals surface area contributed by atoms with Gasteiger partial charge in [-0.2, -0.15) is 5.26 Å². The Hall–Kier alpha value is -3.06. The van der Waals surface area contributed by atoms with Gasteiger partial charge in [0.15, 0.2) is 11.6 Å². The van der Waals surface area contributed by atoms with Gasteiger partial charge in [-0.1, -0.05) is 42.5 Å². The number of hydrogen-bond donors (Lipinski definition) is 1. The summed E-state index contributed by atoms with van der Waals surface area (Å²) in [5.41, 5.74) is 8.18. The summed E-state index contributed by atoms with van der Waals surface area (Å²) in [6, 6.07) is 17.2. The third-order valence-electron chi connectivity index (χ3n) is 3.22. The van der Waals surface area contributed by atoms with Crippen molar-refractivity contribution in [2.75, 3.05) is 5.73 Å². The largest absolute Gasteiger partial charge is 0.439 e. The lowest BCUT2D eigenvalue weighted by Gasteiger charge is -2.00. The van der Waals surface area contributed by atoms with Crippen LogP contribution in [0.15, 0.2) is 59.0 Å². The van der Waals surface area contributed by atoms with E-state index in [0.29, 0.717) is 22.5 Å². The van der Waals surface area contributed by atoms with Crippen LogP contribution in [0.2, 0.25) is 0 Å². The van der Waals surface area contributed by atoms with Crippen molar-refractivity contribution < 1.29 is 8.81 Å². The monoisotopic (exact) mass is 278 g/mol. The Labute approximate surface area is 121 Å². The summed E-state index contributed by atoms with van der Waals surface area (Å²) in [4.78, 5) is 0. The topological polar surface area (TPSA) is 63.0 Å². The normalized spacial score (nSPS) is 10.3. The molecule has 0 fully saturated rings. The van der Waals surface area contributed by atoms with Crippen molar-refractivity contribution in [2.45, 2.75) is 0 Å². The first-order valence-corrected chi connectivity index (χ1v) is 6.34. The third-order valence-corrected chi connectivity index (χ3v) is 3.22. The molecule has 4 heteroatoms. The molecular formula is C17H11FN2O. The van der Waals surface area contributed by atoms with Gasteiger partial charge in [0.05, 0.1) is 5.56 Å². The number of halogens is 1. The number of furan rings is 1. The number of nitrogens with two attached hydrogens (primary N) is 1. The standard InChI is InChI=1S/C17H11FN2O/c18-13-8-6-11(7-9-13)15-14(10-19)16(21-17(15)20)12-4-2-1-3-5-12/h1-9H,20H2. The molecule has 21 heavy (non-hydrogen) atoms. The fourth-order valence-electron chi connectivity index (χ4n) is 2.25. The lowest BCUT2D eigenvalue weighted by molar-refractivity contribution is 0.602. The smallest absolute Gasteiger partial charge is 0.200 e. The highest BCUT2D eigenvalue weighted by Gasteiger charge is 2.21. The van der Waals surface area contributed by atoms with Gasteiger partial charge < -0.3 is 10.2 Å². The number of anilines is 1. The zero-order valence-corrected chi connectivity index (χ0v) is 11.0. The first-order valence-electron chi connectivity index (χ1n) is 6.34. The van der Waals surface area contributed by atoms with E-state index in [0.717, 1.165) is 5.56 Å². The Morgan fingerprint density at radius 3 is 2.24 bits per heavy atom. The summed E-state index contributed by atoms with van der Waals surface area (Å²) < 4.78 is 18.6. The SMILES string of the molecule is N#Cc1c(-c2ccccc2)oc(N)c1-c1ccc(F)cc1. The summed E-state index contributed by atoms with van der Waals surface area (Å²) in [6.45, 7) is 0. The number of rotatable bonds is 2. The number of nitriles is 1. The van der Waals surface area contributed by atoms with Gasteiger partial charge >= 0.3 is 0 Å². The molecule has 2 N–H and O–H groups in total. The van der Waals surface area contributed by atoms with E-state index in [9.17, 15) is 9.65 Å². The molecule has 0 aliphatic rings. The van der Waals surface area contributed by atoms with Crippen LogP contribution >= 0.6 is 0 Å². The molecule has 3 nitrogen and oxygen atoms in total. The lowest BCUT2D eigenvalue weighted by Crippen LogP contribution is -1.87. The van der Waals surface area contributed by atoms with Crippen LogP contribution < -0.4 is 5.73 Å². The van der Waals surface area contributed by atoms with E-state index in [-0.39, 0.29) is 11.7 Å². The second kappa shape index (κ2) is 5.14. The minimum Gasteiger partial charge on any atom is -0.439 e. The Morgan fingerprint density at radius 2 is 1.62 bits per heavy atom. The molecule has 0 aliphatic heterocycles. The van der Waals surface area contributed by atoms with Gasteiger partial charge in [0.1, 0.15) is 17.4 Å². The Balaban J connectivity index is 2.21. The van der Waals surface area contributed by atoms with E-state index < -0.39 is 0 Å². The molecule has 0 saturated heterocycles. The predicted octanol–water partition coefficient (Wildman–Crippen LogP) is 4.21. The molecule has 0 bridgehead atoms. The van der Waals surface area contributed by atoms with Crippen LogP contribution in [0.3, 0.4) is 0 Å². The van der Waals surface area contributed by atoms with Crippen LogP contribution in [0.5, 0.6) is 0 Å². The number of benzene rings is 2. The average molecular weight is 278 g/mol. The summed E-state index contributed by atoms with van der Waals surface area (Å²) in [6.07, 6.45) is 0. The van der Waals surface area contributed by atoms with Gasteiger partial charge in [-0.15, -0.1) is 0 Å². The highest BCUT2D eigenvalue weighted by Crippen LogP contribution is 2.39. The Bertz CT molecular complexity index is 814. The van der Waals surface area contributed by atoms with E-state index >= 15 is 0 Å². The van der Waals surface area contributed by atoms with Gasteiger partial charge in [0.25, 0.3) is 0 Å². The van der Waals surface area contributed by atoms with Crippen LogP contribution in [0.4, 0.5) is 10.3 Å². The van der Waals surface area contributed by atoms with Gasteiger partial charge in [-0.25, -0.2) is 4.39 Å². The fourth-order valence-corrected chi connectivity index (χ4v) is 2.25. The molecule has 0 amide bonds. The Morgan fingerprint density at radius 1 is 0.952 bits per heavy atom. The lowest BCUT2D eigenvalue weighted by atomic mass is 10.0. The van der Waals surface area contributed by atoms with Crippen LogP contribution in [0.25, 0.3) is 22.5 Å². The maximum atomic E-state index is 13.0. The van der Waals surface area contributed by atoms with Crippen molar-refractivity contribution in [3.05, 3.63) is 66.0 Å². The number of hydrogen-bond acceptors (Lipinski definition) is 3. The molecule has 0 unspecified atom stereocenters. The second-order valence-electron chi connectivity index (χ2n) is 4.53. The van der Waals surface area contributed by atoms with E-state index in [4.69, 9.17) is 10.2 Å². The zero-order chi connectivity index (χ0) is 14.8. The molecule has 1 aromatic heterocycles. The van der Waals surface area contributed by atoms with Crippen LogP contribution in [-0.2, 0) is 0 Å². The maximum Gasteiger partial charge on any atom is 0.200 e. The van der Waals surface area contributed by atoms with Crippen molar-refractivity contribution >= 4 is 5.88 Å². The molecule has 0 aliphatic carbocycles. The minimum absolute atomic E-state index is 0.150. The summed E-state index contributed by atoms with van der Waals surface area (Å²) in [5, 5.41) is 9.45. The number of nitrogen functional groups attached to an aromatic ring is 1. The molecule has 1 heterocycles. The fraction of sp³-hybridized carbons (Fsp3) is 0. The van der Waals surface area contributed by atoms with Crippen molar-refractivity contribution in [3.63, 3.8) is 0 Å². The maximum absolute atomic E-state index is 13.0. The molecule has 0 atom stereocenters. The van der Waals surface area contributed by atoms with Crippen molar-refractivity contribution in [1.82, 2.24) is 0 Å². The molecule has 3 rings (SSSR count).